The van der Waals surface area contributed by atoms with Crippen molar-refractivity contribution in [3.63, 3.8) is 0 Å². The van der Waals surface area contributed by atoms with Crippen LogP contribution in [-0.2, 0) is 0 Å². The number of rotatable bonds is 3. The molecule has 230 valence electrons. The molecule has 0 spiro atoms. The predicted molar refractivity (Wildman–Crippen MR) is 210 cm³/mol. The standard InChI is InChI=1S/C47H27N3/c1-2-9-31(10-3-1)47-49-41(26-42(50-47)35-23-32-11-4-5-18-40(32)48-27-35)34-24-33-22-21-30-13-7-16-37-36-15-6-12-28-19-20-29-14-8-17-38(45(29)43(28)36)39(25-34)46(33)44(30)37/h1-27H. The van der Waals surface area contributed by atoms with Gasteiger partial charge in [-0.3, -0.25) is 4.98 Å². The molecule has 11 rings (SSSR count). The first-order valence-corrected chi connectivity index (χ1v) is 17.0. The van der Waals surface area contributed by atoms with Crippen LogP contribution in [-0.4, -0.2) is 15.0 Å². The Hall–Kier alpha value is -6.71. The molecular weight excluding hydrogens is 607 g/mol. The summed E-state index contributed by atoms with van der Waals surface area (Å²) in [5.74, 6) is 0.690. The fraction of sp³-hybridized carbons (Fsp3) is 0. The second-order valence-corrected chi connectivity index (χ2v) is 13.2. The van der Waals surface area contributed by atoms with Crippen LogP contribution in [0.2, 0.25) is 0 Å². The second-order valence-electron chi connectivity index (χ2n) is 13.2. The minimum atomic E-state index is 0.690. The quantitative estimate of drug-likeness (QED) is 0.182. The van der Waals surface area contributed by atoms with Gasteiger partial charge in [0, 0.05) is 28.3 Å². The van der Waals surface area contributed by atoms with Gasteiger partial charge in [0.2, 0.25) is 0 Å². The Morgan fingerprint density at radius 1 is 0.320 bits per heavy atom. The van der Waals surface area contributed by atoms with Gasteiger partial charge in [0.05, 0.1) is 16.9 Å². The highest BCUT2D eigenvalue weighted by Crippen LogP contribution is 2.44. The lowest BCUT2D eigenvalue weighted by Gasteiger charge is -2.17. The molecule has 2 aromatic heterocycles. The van der Waals surface area contributed by atoms with E-state index in [-0.39, 0.29) is 0 Å². The Balaban J connectivity index is 1.28. The van der Waals surface area contributed by atoms with E-state index < -0.39 is 0 Å². The summed E-state index contributed by atoms with van der Waals surface area (Å²) in [6.45, 7) is 0. The summed E-state index contributed by atoms with van der Waals surface area (Å²) in [5, 5.41) is 16.2. The van der Waals surface area contributed by atoms with Gasteiger partial charge in [0.25, 0.3) is 0 Å². The lowest BCUT2D eigenvalue weighted by atomic mass is 9.87. The lowest BCUT2D eigenvalue weighted by molar-refractivity contribution is 1.18. The topological polar surface area (TPSA) is 38.7 Å². The van der Waals surface area contributed by atoms with Crippen LogP contribution in [0.4, 0.5) is 0 Å². The van der Waals surface area contributed by atoms with Crippen molar-refractivity contribution in [2.24, 2.45) is 0 Å². The number of aromatic nitrogens is 3. The van der Waals surface area contributed by atoms with E-state index in [9.17, 15) is 0 Å². The summed E-state index contributed by atoms with van der Waals surface area (Å²) in [6, 6.07) is 56.7. The third kappa shape index (κ3) is 4.01. The Morgan fingerprint density at radius 3 is 1.52 bits per heavy atom. The zero-order valence-electron chi connectivity index (χ0n) is 26.9. The average molecular weight is 634 g/mol. The van der Waals surface area contributed by atoms with Crippen LogP contribution in [0.5, 0.6) is 0 Å². The molecular formula is C47H27N3. The summed E-state index contributed by atoms with van der Waals surface area (Å²) in [5.41, 5.74) is 5.67. The molecule has 3 heteroatoms. The molecule has 0 bridgehead atoms. The number of benzene rings is 8. The smallest absolute Gasteiger partial charge is 0.160 e. The SMILES string of the molecule is c1ccc(-c2nc(-c3cnc4ccccc4c3)cc(-c3cc4ccc5cccc6c7cccc8ccc9cccc(c(c3)c4c56)c9c87)n2)cc1. The van der Waals surface area contributed by atoms with Gasteiger partial charge < -0.3 is 0 Å². The first-order chi connectivity index (χ1) is 24.8. The highest BCUT2D eigenvalue weighted by atomic mass is 14.9. The number of hydrogen-bond donors (Lipinski definition) is 0. The summed E-state index contributed by atoms with van der Waals surface area (Å²) >= 11 is 0. The van der Waals surface area contributed by atoms with E-state index in [2.05, 4.69) is 127 Å². The lowest BCUT2D eigenvalue weighted by Crippen LogP contribution is -1.97. The number of pyridine rings is 1. The van der Waals surface area contributed by atoms with E-state index in [0.717, 1.165) is 39.0 Å². The number of hydrogen-bond acceptors (Lipinski definition) is 3. The summed E-state index contributed by atoms with van der Waals surface area (Å²) in [4.78, 5) is 15.2. The van der Waals surface area contributed by atoms with Crippen LogP contribution in [0.1, 0.15) is 0 Å². The molecule has 0 aliphatic carbocycles. The van der Waals surface area contributed by atoms with E-state index >= 15 is 0 Å². The van der Waals surface area contributed by atoms with E-state index in [4.69, 9.17) is 15.0 Å². The van der Waals surface area contributed by atoms with E-state index in [1.807, 2.05) is 36.5 Å². The van der Waals surface area contributed by atoms with Crippen molar-refractivity contribution in [3.8, 4) is 33.9 Å². The minimum Gasteiger partial charge on any atom is -0.256 e. The van der Waals surface area contributed by atoms with Gasteiger partial charge in [-0.05, 0) is 95.0 Å². The Labute approximate surface area is 287 Å². The molecule has 0 fully saturated rings. The number of para-hydroxylation sites is 1. The maximum absolute atomic E-state index is 5.26. The summed E-state index contributed by atoms with van der Waals surface area (Å²) < 4.78 is 0. The van der Waals surface area contributed by atoms with Crippen LogP contribution < -0.4 is 0 Å². The van der Waals surface area contributed by atoms with E-state index in [1.165, 1.54) is 64.6 Å². The second kappa shape index (κ2) is 10.4. The predicted octanol–water partition coefficient (Wildman–Crippen LogP) is 12.4. The highest BCUT2D eigenvalue weighted by molar-refractivity contribution is 6.37. The van der Waals surface area contributed by atoms with E-state index in [1.54, 1.807) is 0 Å². The zero-order valence-corrected chi connectivity index (χ0v) is 26.9. The fourth-order valence-electron chi connectivity index (χ4n) is 8.10. The average Bonchev–Trinajstić information content (AvgIpc) is 3.19. The molecule has 0 aliphatic heterocycles. The molecule has 3 nitrogen and oxygen atoms in total. The van der Waals surface area contributed by atoms with Crippen molar-refractivity contribution < 1.29 is 0 Å². The van der Waals surface area contributed by atoms with Gasteiger partial charge in [0.15, 0.2) is 5.82 Å². The largest absolute Gasteiger partial charge is 0.256 e. The van der Waals surface area contributed by atoms with Crippen molar-refractivity contribution in [2.45, 2.75) is 0 Å². The molecule has 0 N–H and O–H groups in total. The van der Waals surface area contributed by atoms with Crippen molar-refractivity contribution in [1.29, 1.82) is 0 Å². The van der Waals surface area contributed by atoms with E-state index in [0.29, 0.717) is 5.82 Å². The normalized spacial score (nSPS) is 12.0. The van der Waals surface area contributed by atoms with Gasteiger partial charge >= 0.3 is 0 Å². The molecule has 11 aromatic rings. The molecule has 0 amide bonds. The van der Waals surface area contributed by atoms with Gasteiger partial charge in [-0.25, -0.2) is 9.97 Å². The molecule has 0 atom stereocenters. The van der Waals surface area contributed by atoms with Crippen LogP contribution in [0.15, 0.2) is 164 Å². The molecule has 0 radical (unpaired) electrons. The first kappa shape index (κ1) is 27.3. The Kier molecular flexibility index (Phi) is 5.67. The molecule has 2 heterocycles. The van der Waals surface area contributed by atoms with Gasteiger partial charge in [0.1, 0.15) is 0 Å². The van der Waals surface area contributed by atoms with Crippen molar-refractivity contribution >= 4 is 75.5 Å². The summed E-state index contributed by atoms with van der Waals surface area (Å²) in [7, 11) is 0. The maximum atomic E-state index is 5.26. The molecule has 0 unspecified atom stereocenters. The van der Waals surface area contributed by atoms with Crippen molar-refractivity contribution in [1.82, 2.24) is 15.0 Å². The number of nitrogens with zero attached hydrogens (tertiary/aromatic N) is 3. The number of fused-ring (bicyclic) bond motifs is 3. The third-order valence-corrected chi connectivity index (χ3v) is 10.4. The maximum Gasteiger partial charge on any atom is 0.160 e. The minimum absolute atomic E-state index is 0.690. The monoisotopic (exact) mass is 633 g/mol. The van der Waals surface area contributed by atoms with Crippen LogP contribution in [0, 0.1) is 0 Å². The molecule has 9 aromatic carbocycles. The van der Waals surface area contributed by atoms with Crippen LogP contribution in [0.3, 0.4) is 0 Å². The van der Waals surface area contributed by atoms with Gasteiger partial charge in [-0.15, -0.1) is 0 Å². The molecule has 0 saturated carbocycles. The van der Waals surface area contributed by atoms with Crippen molar-refractivity contribution in [2.75, 3.05) is 0 Å². The Morgan fingerprint density at radius 2 is 0.840 bits per heavy atom. The van der Waals surface area contributed by atoms with Gasteiger partial charge in [-0.1, -0.05) is 127 Å². The first-order valence-electron chi connectivity index (χ1n) is 17.0. The third-order valence-electron chi connectivity index (χ3n) is 10.4. The molecule has 0 saturated heterocycles. The molecule has 50 heavy (non-hydrogen) atoms. The summed E-state index contributed by atoms with van der Waals surface area (Å²) in [6.07, 6.45) is 1.92. The zero-order chi connectivity index (χ0) is 32.8. The fourth-order valence-corrected chi connectivity index (χ4v) is 8.10. The van der Waals surface area contributed by atoms with Crippen molar-refractivity contribution in [3.05, 3.63) is 164 Å². The molecule has 0 aliphatic rings. The van der Waals surface area contributed by atoms with Crippen LogP contribution in [0.25, 0.3) is 109 Å². The van der Waals surface area contributed by atoms with Gasteiger partial charge in [-0.2, -0.15) is 0 Å². The Bertz CT molecular complexity index is 3140. The van der Waals surface area contributed by atoms with Crippen LogP contribution >= 0.6 is 0 Å². The highest BCUT2D eigenvalue weighted by Gasteiger charge is 2.18.